The average molecular weight is 310 g/mol. The average Bonchev–Trinajstić information content (AvgIpc) is 2.35. The van der Waals surface area contributed by atoms with Crippen LogP contribution in [0.15, 0.2) is 0 Å². The number of likely N-dealkylation sites (tertiary alicyclic amines) is 1. The normalized spacial score (nSPS) is 32.0. The minimum Gasteiger partial charge on any atom is -0.388 e. The van der Waals surface area contributed by atoms with Crippen LogP contribution in [0.25, 0.3) is 0 Å². The molecule has 2 rings (SSSR count). The van der Waals surface area contributed by atoms with Crippen LogP contribution in [0, 0.1) is 5.92 Å². The van der Waals surface area contributed by atoms with Crippen molar-refractivity contribution >= 4 is 5.91 Å². The quantitative estimate of drug-likeness (QED) is 0.843. The highest BCUT2D eigenvalue weighted by Crippen LogP contribution is 2.35. The first-order valence-electron chi connectivity index (χ1n) is 8.84. The number of hydrogen-bond donors (Lipinski definition) is 2. The lowest BCUT2D eigenvalue weighted by Gasteiger charge is -2.47. The van der Waals surface area contributed by atoms with Gasteiger partial charge in [-0.05, 0) is 65.7 Å². The van der Waals surface area contributed by atoms with E-state index in [4.69, 9.17) is 0 Å². The Bertz CT molecular complexity index is 403. The van der Waals surface area contributed by atoms with E-state index >= 15 is 0 Å². The van der Waals surface area contributed by atoms with Gasteiger partial charge in [0.15, 0.2) is 0 Å². The van der Waals surface area contributed by atoms with Crippen LogP contribution in [0.4, 0.5) is 0 Å². The number of nitrogens with one attached hydrogen (secondary N) is 1. The third-order valence-corrected chi connectivity index (χ3v) is 5.30. The molecule has 0 spiro atoms. The largest absolute Gasteiger partial charge is 0.388 e. The maximum atomic E-state index is 12.7. The number of nitrogens with zero attached hydrogens (tertiary/aromatic N) is 1. The first kappa shape index (κ1) is 17.7. The number of carbonyl (C=O) groups excluding carboxylic acids is 1. The van der Waals surface area contributed by atoms with Crippen LogP contribution in [-0.4, -0.2) is 45.7 Å². The highest BCUT2D eigenvalue weighted by Gasteiger charge is 2.40. The lowest BCUT2D eigenvalue weighted by atomic mass is 9.74. The summed E-state index contributed by atoms with van der Waals surface area (Å²) in [4.78, 5) is 14.6. The smallest absolute Gasteiger partial charge is 0.222 e. The Kier molecular flexibility index (Phi) is 4.94. The molecule has 22 heavy (non-hydrogen) atoms. The Hall–Kier alpha value is -0.610. The minimum atomic E-state index is -0.666. The number of β-amino-alcohol motifs (C(OH)–C–C–N with tert-alkyl or cyclic N) is 1. The van der Waals surface area contributed by atoms with Crippen molar-refractivity contribution in [2.45, 2.75) is 89.8 Å². The molecule has 1 atom stereocenters. The summed E-state index contributed by atoms with van der Waals surface area (Å²) in [5.74, 6) is 0.653. The highest BCUT2D eigenvalue weighted by molar-refractivity contribution is 5.76. The van der Waals surface area contributed by atoms with Crippen molar-refractivity contribution in [1.29, 1.82) is 0 Å². The standard InChI is InChI=1S/C18H34N2O2/c1-6-18(22)8-7-9-20(13-18)15(21)10-14-11-16(2,3)19-17(4,5)12-14/h14,19,22H,6-13H2,1-5H3. The molecule has 4 nitrogen and oxygen atoms in total. The van der Waals surface area contributed by atoms with Crippen molar-refractivity contribution in [2.24, 2.45) is 5.92 Å². The topological polar surface area (TPSA) is 52.6 Å². The molecule has 1 amide bonds. The number of rotatable bonds is 3. The Labute approximate surface area is 135 Å². The summed E-state index contributed by atoms with van der Waals surface area (Å²) in [5.41, 5.74) is -0.502. The number of piperidine rings is 2. The Morgan fingerprint density at radius 2 is 1.82 bits per heavy atom. The summed E-state index contributed by atoms with van der Waals surface area (Å²) >= 11 is 0. The van der Waals surface area contributed by atoms with Gasteiger partial charge in [0, 0.05) is 30.6 Å². The van der Waals surface area contributed by atoms with Gasteiger partial charge >= 0.3 is 0 Å². The third-order valence-electron chi connectivity index (χ3n) is 5.30. The van der Waals surface area contributed by atoms with Crippen molar-refractivity contribution < 1.29 is 9.90 Å². The van der Waals surface area contributed by atoms with Crippen molar-refractivity contribution in [3.63, 3.8) is 0 Å². The van der Waals surface area contributed by atoms with Gasteiger partial charge in [0.25, 0.3) is 0 Å². The molecule has 2 N–H and O–H groups in total. The maximum absolute atomic E-state index is 12.7. The molecule has 0 radical (unpaired) electrons. The molecule has 4 heteroatoms. The van der Waals surface area contributed by atoms with E-state index in [1.54, 1.807) is 0 Å². The monoisotopic (exact) mass is 310 g/mol. The molecule has 2 saturated heterocycles. The number of carbonyl (C=O) groups is 1. The van der Waals surface area contributed by atoms with E-state index in [2.05, 4.69) is 33.0 Å². The van der Waals surface area contributed by atoms with Crippen molar-refractivity contribution in [3.8, 4) is 0 Å². The van der Waals surface area contributed by atoms with E-state index < -0.39 is 5.60 Å². The molecule has 0 aliphatic carbocycles. The van der Waals surface area contributed by atoms with Crippen LogP contribution in [0.2, 0.25) is 0 Å². The minimum absolute atomic E-state index is 0.0821. The molecule has 2 aliphatic heterocycles. The van der Waals surface area contributed by atoms with E-state index in [1.807, 2.05) is 11.8 Å². The Morgan fingerprint density at radius 3 is 2.36 bits per heavy atom. The van der Waals surface area contributed by atoms with E-state index in [9.17, 15) is 9.90 Å². The van der Waals surface area contributed by atoms with Crippen LogP contribution in [0.5, 0.6) is 0 Å². The number of amides is 1. The van der Waals surface area contributed by atoms with Gasteiger partial charge in [-0.3, -0.25) is 4.79 Å². The molecule has 0 aromatic rings. The van der Waals surface area contributed by atoms with Gasteiger partial charge in [0.1, 0.15) is 0 Å². The Balaban J connectivity index is 1.96. The molecule has 2 aliphatic rings. The van der Waals surface area contributed by atoms with Crippen molar-refractivity contribution in [1.82, 2.24) is 10.2 Å². The van der Waals surface area contributed by atoms with Gasteiger partial charge in [-0.2, -0.15) is 0 Å². The van der Waals surface area contributed by atoms with Gasteiger partial charge in [-0.1, -0.05) is 6.92 Å². The number of hydrogen-bond acceptors (Lipinski definition) is 3. The van der Waals surface area contributed by atoms with Gasteiger partial charge in [0.05, 0.1) is 5.60 Å². The second-order valence-corrected chi connectivity index (χ2v) is 8.87. The first-order chi connectivity index (χ1) is 10.0. The molecule has 0 aromatic heterocycles. The zero-order valence-electron chi connectivity index (χ0n) is 15.0. The van der Waals surface area contributed by atoms with E-state index in [0.717, 1.165) is 38.6 Å². The fourth-order valence-corrected chi connectivity index (χ4v) is 4.67. The predicted octanol–water partition coefficient (Wildman–Crippen LogP) is 2.70. The zero-order valence-corrected chi connectivity index (χ0v) is 15.0. The van der Waals surface area contributed by atoms with Crippen LogP contribution in [0.3, 0.4) is 0 Å². The molecule has 2 fully saturated rings. The molecule has 0 saturated carbocycles. The second-order valence-electron chi connectivity index (χ2n) is 8.87. The maximum Gasteiger partial charge on any atom is 0.222 e. The predicted molar refractivity (Wildman–Crippen MR) is 89.7 cm³/mol. The summed E-state index contributed by atoms with van der Waals surface area (Å²) in [7, 11) is 0. The molecule has 2 heterocycles. The molecular weight excluding hydrogens is 276 g/mol. The zero-order chi connectivity index (χ0) is 16.6. The fourth-order valence-electron chi connectivity index (χ4n) is 4.67. The summed E-state index contributed by atoms with van der Waals surface area (Å²) in [6.07, 6.45) is 5.15. The van der Waals surface area contributed by atoms with Gasteiger partial charge < -0.3 is 15.3 Å². The molecule has 1 unspecified atom stereocenters. The SMILES string of the molecule is CCC1(O)CCCN(C(=O)CC2CC(C)(C)NC(C)(C)C2)C1. The fraction of sp³-hybridized carbons (Fsp3) is 0.944. The molecular formula is C18H34N2O2. The van der Waals surface area contributed by atoms with Gasteiger partial charge in [-0.25, -0.2) is 0 Å². The van der Waals surface area contributed by atoms with E-state index in [0.29, 0.717) is 18.9 Å². The third kappa shape index (κ3) is 4.45. The first-order valence-corrected chi connectivity index (χ1v) is 8.84. The van der Waals surface area contributed by atoms with Gasteiger partial charge in [0.2, 0.25) is 5.91 Å². The summed E-state index contributed by atoms with van der Waals surface area (Å²) in [5, 5.41) is 14.1. The summed E-state index contributed by atoms with van der Waals surface area (Å²) < 4.78 is 0. The molecule has 0 aromatic carbocycles. The van der Waals surface area contributed by atoms with E-state index in [-0.39, 0.29) is 17.0 Å². The lowest BCUT2D eigenvalue weighted by Crippen LogP contribution is -2.58. The second kappa shape index (κ2) is 6.12. The summed E-state index contributed by atoms with van der Waals surface area (Å²) in [6.45, 7) is 12.2. The van der Waals surface area contributed by atoms with Gasteiger partial charge in [-0.15, -0.1) is 0 Å². The van der Waals surface area contributed by atoms with Crippen molar-refractivity contribution in [2.75, 3.05) is 13.1 Å². The van der Waals surface area contributed by atoms with Crippen molar-refractivity contribution in [3.05, 3.63) is 0 Å². The van der Waals surface area contributed by atoms with Crippen LogP contribution in [-0.2, 0) is 4.79 Å². The molecule has 0 bridgehead atoms. The van der Waals surface area contributed by atoms with Crippen LogP contribution in [0.1, 0.15) is 73.1 Å². The van der Waals surface area contributed by atoms with Crippen LogP contribution < -0.4 is 5.32 Å². The Morgan fingerprint density at radius 1 is 1.23 bits per heavy atom. The highest BCUT2D eigenvalue weighted by atomic mass is 16.3. The van der Waals surface area contributed by atoms with Crippen LogP contribution >= 0.6 is 0 Å². The van der Waals surface area contributed by atoms with E-state index in [1.165, 1.54) is 0 Å². The number of aliphatic hydroxyl groups is 1. The molecule has 128 valence electrons. The lowest BCUT2D eigenvalue weighted by molar-refractivity contribution is -0.140. The summed E-state index contributed by atoms with van der Waals surface area (Å²) in [6, 6.07) is 0.